The van der Waals surface area contributed by atoms with Gasteiger partial charge in [-0.2, -0.15) is 5.10 Å². The SMILES string of the molecule is NS(=O)(=O)c1ccc(CNC(=O)c2cnn(Cc3ccccc3Cl)c2)s1. The van der Waals surface area contributed by atoms with Gasteiger partial charge in [0.05, 0.1) is 24.8 Å². The molecule has 0 spiro atoms. The molecule has 0 saturated carbocycles. The van der Waals surface area contributed by atoms with Crippen molar-refractivity contribution in [3.63, 3.8) is 0 Å². The molecule has 0 atom stereocenters. The lowest BCUT2D eigenvalue weighted by Gasteiger charge is -2.04. The molecule has 0 aliphatic rings. The van der Waals surface area contributed by atoms with Crippen LogP contribution in [0.2, 0.25) is 5.02 Å². The van der Waals surface area contributed by atoms with Gasteiger partial charge in [0.1, 0.15) is 4.21 Å². The second-order valence-electron chi connectivity index (χ2n) is 5.47. The molecule has 0 bridgehead atoms. The van der Waals surface area contributed by atoms with Gasteiger partial charge in [-0.1, -0.05) is 29.8 Å². The van der Waals surface area contributed by atoms with E-state index in [1.54, 1.807) is 23.0 Å². The maximum atomic E-state index is 12.2. The lowest BCUT2D eigenvalue weighted by Crippen LogP contribution is -2.21. The molecule has 1 amide bonds. The molecule has 0 aliphatic carbocycles. The fourth-order valence-corrected chi connectivity index (χ4v) is 4.16. The number of carbonyl (C=O) groups excluding carboxylic acids is 1. The Labute approximate surface area is 159 Å². The van der Waals surface area contributed by atoms with Crippen LogP contribution in [0, 0.1) is 0 Å². The van der Waals surface area contributed by atoms with Crippen molar-refractivity contribution in [3.05, 3.63) is 69.8 Å². The van der Waals surface area contributed by atoms with Crippen LogP contribution in [0.15, 0.2) is 53.0 Å². The average molecular weight is 411 g/mol. The van der Waals surface area contributed by atoms with E-state index >= 15 is 0 Å². The summed E-state index contributed by atoms with van der Waals surface area (Å²) < 4.78 is 24.2. The van der Waals surface area contributed by atoms with Crippen LogP contribution in [-0.4, -0.2) is 24.1 Å². The van der Waals surface area contributed by atoms with Crippen molar-refractivity contribution in [2.24, 2.45) is 5.14 Å². The summed E-state index contributed by atoms with van der Waals surface area (Å²) in [4.78, 5) is 12.9. The van der Waals surface area contributed by atoms with E-state index in [0.29, 0.717) is 22.0 Å². The predicted octanol–water partition coefficient (Wildman–Crippen LogP) is 2.22. The number of nitrogens with two attached hydrogens (primary N) is 1. The molecule has 10 heteroatoms. The van der Waals surface area contributed by atoms with Gasteiger partial charge in [0.25, 0.3) is 5.91 Å². The largest absolute Gasteiger partial charge is 0.347 e. The fourth-order valence-electron chi connectivity index (χ4n) is 2.24. The molecule has 7 nitrogen and oxygen atoms in total. The first-order chi connectivity index (χ1) is 12.3. The van der Waals surface area contributed by atoms with Crippen LogP contribution in [0.3, 0.4) is 0 Å². The van der Waals surface area contributed by atoms with Gasteiger partial charge in [0, 0.05) is 16.1 Å². The number of halogens is 1. The molecule has 0 saturated heterocycles. The van der Waals surface area contributed by atoms with E-state index in [1.807, 2.05) is 18.2 Å². The Hall–Kier alpha value is -2.20. The highest BCUT2D eigenvalue weighted by Gasteiger charge is 2.13. The smallest absolute Gasteiger partial charge is 0.254 e. The van der Waals surface area contributed by atoms with Crippen LogP contribution < -0.4 is 10.5 Å². The monoisotopic (exact) mass is 410 g/mol. The van der Waals surface area contributed by atoms with Gasteiger partial charge in [-0.3, -0.25) is 9.48 Å². The van der Waals surface area contributed by atoms with E-state index in [9.17, 15) is 13.2 Å². The fraction of sp³-hybridized carbons (Fsp3) is 0.125. The highest BCUT2D eigenvalue weighted by Crippen LogP contribution is 2.20. The number of hydrogen-bond acceptors (Lipinski definition) is 5. The molecular formula is C16H15ClN4O3S2. The number of rotatable bonds is 6. The minimum Gasteiger partial charge on any atom is -0.347 e. The van der Waals surface area contributed by atoms with Crippen molar-refractivity contribution in [2.75, 3.05) is 0 Å². The summed E-state index contributed by atoms with van der Waals surface area (Å²) in [6.07, 6.45) is 3.10. The Morgan fingerprint density at radius 3 is 2.73 bits per heavy atom. The van der Waals surface area contributed by atoms with E-state index < -0.39 is 10.0 Å². The number of sulfonamides is 1. The van der Waals surface area contributed by atoms with Gasteiger partial charge in [-0.05, 0) is 23.8 Å². The maximum absolute atomic E-state index is 12.2. The van der Waals surface area contributed by atoms with Crippen LogP contribution in [0.1, 0.15) is 20.8 Å². The van der Waals surface area contributed by atoms with Gasteiger partial charge in [-0.25, -0.2) is 13.6 Å². The van der Waals surface area contributed by atoms with Gasteiger partial charge in [-0.15, -0.1) is 11.3 Å². The second-order valence-corrected chi connectivity index (χ2v) is 8.83. The van der Waals surface area contributed by atoms with Gasteiger partial charge in [0.2, 0.25) is 10.0 Å². The third-order valence-electron chi connectivity index (χ3n) is 3.53. The van der Waals surface area contributed by atoms with Crippen molar-refractivity contribution >= 4 is 38.9 Å². The number of nitrogens with one attached hydrogen (secondary N) is 1. The van der Waals surface area contributed by atoms with Gasteiger partial charge < -0.3 is 5.32 Å². The number of hydrogen-bond donors (Lipinski definition) is 2. The standard InChI is InChI=1S/C16H15ClN4O3S2/c17-14-4-2-1-3-11(14)9-21-10-12(7-20-21)16(22)19-8-13-5-6-15(25-13)26(18,23)24/h1-7,10H,8-9H2,(H,19,22)(H2,18,23,24). The summed E-state index contributed by atoms with van der Waals surface area (Å²) in [5.41, 5.74) is 1.30. The molecular weight excluding hydrogens is 396 g/mol. The summed E-state index contributed by atoms with van der Waals surface area (Å²) in [5, 5.41) is 12.6. The van der Waals surface area contributed by atoms with E-state index in [0.717, 1.165) is 16.9 Å². The van der Waals surface area contributed by atoms with Crippen molar-refractivity contribution < 1.29 is 13.2 Å². The van der Waals surface area contributed by atoms with Gasteiger partial charge in [0.15, 0.2) is 0 Å². The van der Waals surface area contributed by atoms with E-state index in [2.05, 4.69) is 10.4 Å². The van der Waals surface area contributed by atoms with Crippen molar-refractivity contribution in [1.29, 1.82) is 0 Å². The second kappa shape index (κ2) is 7.58. The molecule has 2 heterocycles. The first kappa shape index (κ1) is 18.6. The molecule has 26 heavy (non-hydrogen) atoms. The molecule has 3 aromatic rings. The summed E-state index contributed by atoms with van der Waals surface area (Å²) >= 11 is 7.15. The molecule has 3 N–H and O–H groups in total. The Bertz CT molecular complexity index is 1040. The molecule has 0 aliphatic heterocycles. The van der Waals surface area contributed by atoms with Gasteiger partial charge >= 0.3 is 0 Å². The Morgan fingerprint density at radius 1 is 1.27 bits per heavy atom. The third-order valence-corrected chi connectivity index (χ3v) is 6.42. The first-order valence-electron chi connectivity index (χ1n) is 7.48. The molecule has 136 valence electrons. The van der Waals surface area contributed by atoms with E-state index in [-0.39, 0.29) is 16.7 Å². The quantitative estimate of drug-likeness (QED) is 0.649. The summed E-state index contributed by atoms with van der Waals surface area (Å²) in [5.74, 6) is -0.305. The highest BCUT2D eigenvalue weighted by atomic mass is 35.5. The number of carbonyl (C=O) groups is 1. The number of benzene rings is 1. The molecule has 1 aromatic carbocycles. The summed E-state index contributed by atoms with van der Waals surface area (Å²) in [6, 6.07) is 10.5. The number of primary sulfonamides is 1. The zero-order valence-electron chi connectivity index (χ0n) is 13.4. The Kier molecular flexibility index (Phi) is 5.42. The first-order valence-corrected chi connectivity index (χ1v) is 10.2. The third kappa shape index (κ3) is 4.50. The van der Waals surface area contributed by atoms with E-state index in [1.165, 1.54) is 12.3 Å². The molecule has 0 unspecified atom stereocenters. The number of thiophene rings is 1. The van der Waals surface area contributed by atoms with Crippen LogP contribution in [0.25, 0.3) is 0 Å². The molecule has 3 rings (SSSR count). The van der Waals surface area contributed by atoms with Crippen LogP contribution in [-0.2, 0) is 23.1 Å². The van der Waals surface area contributed by atoms with Crippen molar-refractivity contribution in [2.45, 2.75) is 17.3 Å². The predicted molar refractivity (Wildman–Crippen MR) is 99.6 cm³/mol. The van der Waals surface area contributed by atoms with Crippen LogP contribution in [0.4, 0.5) is 0 Å². The molecule has 0 radical (unpaired) electrons. The summed E-state index contributed by atoms with van der Waals surface area (Å²) in [6.45, 7) is 0.657. The normalized spacial score (nSPS) is 11.5. The van der Waals surface area contributed by atoms with Crippen molar-refractivity contribution in [1.82, 2.24) is 15.1 Å². The highest BCUT2D eigenvalue weighted by molar-refractivity contribution is 7.91. The topological polar surface area (TPSA) is 107 Å². The maximum Gasteiger partial charge on any atom is 0.254 e. The zero-order chi connectivity index (χ0) is 18.7. The summed E-state index contributed by atoms with van der Waals surface area (Å²) in [7, 11) is -3.72. The van der Waals surface area contributed by atoms with Crippen molar-refractivity contribution in [3.8, 4) is 0 Å². The molecule has 2 aromatic heterocycles. The lowest BCUT2D eigenvalue weighted by molar-refractivity contribution is 0.0951. The van der Waals surface area contributed by atoms with Crippen LogP contribution in [0.5, 0.6) is 0 Å². The number of aromatic nitrogens is 2. The average Bonchev–Trinajstić information content (AvgIpc) is 3.24. The Morgan fingerprint density at radius 2 is 2.04 bits per heavy atom. The van der Waals surface area contributed by atoms with Crippen LogP contribution >= 0.6 is 22.9 Å². The van der Waals surface area contributed by atoms with E-state index in [4.69, 9.17) is 16.7 Å². The minimum absolute atomic E-state index is 0.0642. The Balaban J connectivity index is 1.61. The molecule has 0 fully saturated rings. The minimum atomic E-state index is -3.72. The number of nitrogens with zero attached hydrogens (tertiary/aromatic N) is 2. The lowest BCUT2D eigenvalue weighted by atomic mass is 10.2. The number of amides is 1. The zero-order valence-corrected chi connectivity index (χ0v) is 15.8.